The maximum Gasteiger partial charge on any atom is 0.268 e. The lowest BCUT2D eigenvalue weighted by Crippen LogP contribution is -2.50. The number of rotatable bonds is 6. The smallest absolute Gasteiger partial charge is 0.268 e. The molecule has 0 bridgehead atoms. The van der Waals surface area contributed by atoms with Crippen molar-refractivity contribution in [3.63, 3.8) is 0 Å². The number of carbonyl (C=O) groups excluding carboxylic acids is 1. The number of hydrogen-bond donors (Lipinski definition) is 2. The number of anilines is 1. The molecule has 0 radical (unpaired) electrons. The Balaban J connectivity index is 1.87. The third kappa shape index (κ3) is 4.62. The van der Waals surface area contributed by atoms with Gasteiger partial charge < -0.3 is 20.6 Å². The summed E-state index contributed by atoms with van der Waals surface area (Å²) in [5.41, 5.74) is 5.41. The first-order valence-electron chi connectivity index (χ1n) is 7.37. The average Bonchev–Trinajstić information content (AvgIpc) is 2.47. The molecule has 8 nitrogen and oxygen atoms in total. The Hall–Kier alpha value is -1.77. The Morgan fingerprint density at radius 1 is 1.36 bits per heavy atom. The largest absolute Gasteiger partial charge is 0.390 e. The Kier molecular flexibility index (Phi) is 5.64. The molecular formula is C14H24N6O2. The first-order chi connectivity index (χ1) is 10.5. The first kappa shape index (κ1) is 16.6. The fourth-order valence-electron chi connectivity index (χ4n) is 2.56. The third-order valence-electron chi connectivity index (χ3n) is 3.62. The zero-order chi connectivity index (χ0) is 16.1. The maximum atomic E-state index is 11.2. The lowest BCUT2D eigenvalue weighted by molar-refractivity contribution is 0.0859. The zero-order valence-corrected chi connectivity index (χ0v) is 13.1. The van der Waals surface area contributed by atoms with E-state index in [1.165, 1.54) is 6.20 Å². The number of carbonyl (C=O) groups is 1. The van der Waals surface area contributed by atoms with Crippen LogP contribution >= 0.6 is 0 Å². The molecule has 1 fully saturated rings. The highest BCUT2D eigenvalue weighted by Gasteiger charge is 2.21. The Morgan fingerprint density at radius 3 is 2.64 bits per heavy atom. The number of aromatic nitrogens is 2. The number of primary amides is 1. The summed E-state index contributed by atoms with van der Waals surface area (Å²) in [5.74, 6) is 0.101. The number of aliphatic hydroxyl groups excluding tert-OH is 1. The minimum atomic E-state index is -0.570. The van der Waals surface area contributed by atoms with Crippen LogP contribution in [0.1, 0.15) is 10.5 Å². The number of likely N-dealkylation sites (N-methyl/N-ethyl adjacent to an activating group) is 1. The number of aliphatic hydroxyl groups is 1. The lowest BCUT2D eigenvalue weighted by atomic mass is 10.2. The van der Waals surface area contributed by atoms with Gasteiger partial charge >= 0.3 is 0 Å². The molecular weight excluding hydrogens is 284 g/mol. The molecule has 2 rings (SSSR count). The minimum absolute atomic E-state index is 0.182. The van der Waals surface area contributed by atoms with Gasteiger partial charge in [-0.3, -0.25) is 14.7 Å². The number of amides is 1. The van der Waals surface area contributed by atoms with Crippen molar-refractivity contribution in [2.75, 3.05) is 58.3 Å². The van der Waals surface area contributed by atoms with Crippen LogP contribution in [0.15, 0.2) is 12.4 Å². The van der Waals surface area contributed by atoms with E-state index in [1.807, 2.05) is 19.0 Å². The molecule has 22 heavy (non-hydrogen) atoms. The van der Waals surface area contributed by atoms with Crippen LogP contribution in [-0.4, -0.2) is 90.2 Å². The molecule has 0 spiro atoms. The van der Waals surface area contributed by atoms with Gasteiger partial charge in [-0.15, -0.1) is 0 Å². The summed E-state index contributed by atoms with van der Waals surface area (Å²) in [5, 5.41) is 9.98. The highest BCUT2D eigenvalue weighted by Crippen LogP contribution is 2.13. The van der Waals surface area contributed by atoms with Crippen LogP contribution in [0.5, 0.6) is 0 Å². The van der Waals surface area contributed by atoms with Gasteiger partial charge in [0.1, 0.15) is 11.5 Å². The van der Waals surface area contributed by atoms with Gasteiger partial charge in [0, 0.05) is 39.3 Å². The van der Waals surface area contributed by atoms with Gasteiger partial charge in [-0.2, -0.15) is 0 Å². The predicted octanol–water partition coefficient (Wildman–Crippen LogP) is -1.38. The molecule has 2 heterocycles. The standard InChI is InChI=1S/C14H24N6O2/c1-18(2)9-11(21)10-19-3-5-20(6-4-19)13-8-16-7-12(17-13)14(15)22/h7-8,11,21H,3-6,9-10H2,1-2H3,(H2,15,22)/t11-/m1/s1. The highest BCUT2D eigenvalue weighted by molar-refractivity contribution is 5.90. The Bertz CT molecular complexity index is 502. The van der Waals surface area contributed by atoms with Crippen LogP contribution in [0.2, 0.25) is 0 Å². The molecule has 1 atom stereocenters. The van der Waals surface area contributed by atoms with Crippen molar-refractivity contribution in [1.82, 2.24) is 19.8 Å². The molecule has 1 aliphatic rings. The molecule has 1 saturated heterocycles. The highest BCUT2D eigenvalue weighted by atomic mass is 16.3. The second-order valence-electron chi connectivity index (χ2n) is 5.83. The molecule has 8 heteroatoms. The van der Waals surface area contributed by atoms with Crippen LogP contribution in [-0.2, 0) is 0 Å². The summed E-state index contributed by atoms with van der Waals surface area (Å²) >= 11 is 0. The number of nitrogens with zero attached hydrogens (tertiary/aromatic N) is 5. The van der Waals surface area contributed by atoms with Gasteiger partial charge in [-0.25, -0.2) is 4.98 Å². The van der Waals surface area contributed by atoms with Gasteiger partial charge in [0.15, 0.2) is 0 Å². The zero-order valence-electron chi connectivity index (χ0n) is 13.1. The molecule has 0 unspecified atom stereocenters. The topological polar surface area (TPSA) is 98.8 Å². The monoisotopic (exact) mass is 308 g/mol. The Morgan fingerprint density at radius 2 is 2.05 bits per heavy atom. The van der Waals surface area contributed by atoms with Crippen molar-refractivity contribution in [3.8, 4) is 0 Å². The van der Waals surface area contributed by atoms with Gasteiger partial charge in [-0.05, 0) is 14.1 Å². The van der Waals surface area contributed by atoms with E-state index in [0.29, 0.717) is 18.9 Å². The average molecular weight is 308 g/mol. The number of β-amino-alcohol motifs (C(OH)–C–C–N with tert-alkyl or cyclic N) is 1. The predicted molar refractivity (Wildman–Crippen MR) is 83.8 cm³/mol. The van der Waals surface area contributed by atoms with Crippen molar-refractivity contribution in [3.05, 3.63) is 18.1 Å². The molecule has 0 aliphatic carbocycles. The summed E-state index contributed by atoms with van der Waals surface area (Å²) in [7, 11) is 3.90. The Labute approximate surface area is 130 Å². The summed E-state index contributed by atoms with van der Waals surface area (Å²) in [6.45, 7) is 4.57. The molecule has 1 aromatic heterocycles. The van der Waals surface area contributed by atoms with Crippen LogP contribution in [0.4, 0.5) is 5.82 Å². The van der Waals surface area contributed by atoms with Crippen molar-refractivity contribution < 1.29 is 9.90 Å². The fourth-order valence-corrected chi connectivity index (χ4v) is 2.56. The summed E-state index contributed by atoms with van der Waals surface area (Å²) in [4.78, 5) is 25.7. The van der Waals surface area contributed by atoms with E-state index >= 15 is 0 Å². The van der Waals surface area contributed by atoms with E-state index in [9.17, 15) is 9.90 Å². The van der Waals surface area contributed by atoms with Crippen molar-refractivity contribution in [2.45, 2.75) is 6.10 Å². The molecule has 1 aromatic rings. The van der Waals surface area contributed by atoms with E-state index in [0.717, 1.165) is 26.2 Å². The second kappa shape index (κ2) is 7.48. The van der Waals surface area contributed by atoms with Gasteiger partial charge in [-0.1, -0.05) is 0 Å². The maximum absolute atomic E-state index is 11.2. The van der Waals surface area contributed by atoms with E-state index in [1.54, 1.807) is 6.20 Å². The van der Waals surface area contributed by atoms with E-state index in [2.05, 4.69) is 19.8 Å². The summed E-state index contributed by atoms with van der Waals surface area (Å²) in [6, 6.07) is 0. The molecule has 3 N–H and O–H groups in total. The van der Waals surface area contributed by atoms with Gasteiger partial charge in [0.25, 0.3) is 5.91 Å². The van der Waals surface area contributed by atoms with Crippen LogP contribution in [0.3, 0.4) is 0 Å². The second-order valence-corrected chi connectivity index (χ2v) is 5.83. The van der Waals surface area contributed by atoms with Crippen LogP contribution < -0.4 is 10.6 Å². The summed E-state index contributed by atoms with van der Waals surface area (Å²) < 4.78 is 0. The van der Waals surface area contributed by atoms with Gasteiger partial charge in [0.05, 0.1) is 18.5 Å². The normalized spacial score (nSPS) is 17.7. The number of hydrogen-bond acceptors (Lipinski definition) is 7. The SMILES string of the molecule is CN(C)C[C@@H](O)CN1CCN(c2cncc(C(N)=O)n2)CC1. The van der Waals surface area contributed by atoms with E-state index < -0.39 is 5.91 Å². The molecule has 0 aromatic carbocycles. The minimum Gasteiger partial charge on any atom is -0.390 e. The quantitative estimate of drug-likeness (QED) is 0.668. The van der Waals surface area contributed by atoms with E-state index in [-0.39, 0.29) is 11.8 Å². The molecule has 1 amide bonds. The first-order valence-corrected chi connectivity index (χ1v) is 7.37. The van der Waals surface area contributed by atoms with Crippen LogP contribution in [0.25, 0.3) is 0 Å². The lowest BCUT2D eigenvalue weighted by Gasteiger charge is -2.36. The number of nitrogens with two attached hydrogens (primary N) is 1. The molecule has 0 saturated carbocycles. The van der Waals surface area contributed by atoms with Crippen LogP contribution in [0, 0.1) is 0 Å². The van der Waals surface area contributed by atoms with Crippen molar-refractivity contribution in [2.24, 2.45) is 5.73 Å². The fraction of sp³-hybridized carbons (Fsp3) is 0.643. The van der Waals surface area contributed by atoms with E-state index in [4.69, 9.17) is 5.73 Å². The summed E-state index contributed by atoms with van der Waals surface area (Å²) in [6.07, 6.45) is 2.67. The number of piperazine rings is 1. The van der Waals surface area contributed by atoms with Crippen molar-refractivity contribution >= 4 is 11.7 Å². The third-order valence-corrected chi connectivity index (χ3v) is 3.62. The molecule has 122 valence electrons. The van der Waals surface area contributed by atoms with Crippen molar-refractivity contribution in [1.29, 1.82) is 0 Å². The van der Waals surface area contributed by atoms with Gasteiger partial charge in [0.2, 0.25) is 0 Å². The molecule has 1 aliphatic heterocycles.